The number of hydrogen-bond acceptors (Lipinski definition) is 3. The van der Waals surface area contributed by atoms with E-state index >= 15 is 0 Å². The van der Waals surface area contributed by atoms with Crippen molar-refractivity contribution in [3.8, 4) is 0 Å². The lowest BCUT2D eigenvalue weighted by atomic mass is 10.3. The number of nitrogens with zero attached hydrogens (tertiary/aromatic N) is 2. The molecule has 1 amide bonds. The molecule has 0 saturated heterocycles. The highest BCUT2D eigenvalue weighted by Gasteiger charge is 2.08. The van der Waals surface area contributed by atoms with Crippen molar-refractivity contribution in [1.29, 1.82) is 0 Å². The monoisotopic (exact) mass is 195 g/mol. The van der Waals surface area contributed by atoms with Crippen molar-refractivity contribution in [1.82, 2.24) is 10.3 Å². The Morgan fingerprint density at radius 3 is 3.14 bits per heavy atom. The van der Waals surface area contributed by atoms with Gasteiger partial charge in [-0.1, -0.05) is 13.3 Å². The zero-order valence-corrected chi connectivity index (χ0v) is 8.06. The van der Waals surface area contributed by atoms with Gasteiger partial charge >= 0.3 is 0 Å². The summed E-state index contributed by atoms with van der Waals surface area (Å²) in [6.45, 7) is 2.66. The summed E-state index contributed by atoms with van der Waals surface area (Å²) in [5.74, 6) is -0.302. The maximum absolute atomic E-state index is 11.3. The van der Waals surface area contributed by atoms with Gasteiger partial charge in [0.25, 0.3) is 5.91 Å². The second-order valence-corrected chi connectivity index (χ2v) is 2.91. The molecule has 0 fully saturated rings. The third-order valence-corrected chi connectivity index (χ3v) is 1.73. The molecule has 0 atom stereocenters. The molecule has 0 aliphatic rings. The van der Waals surface area contributed by atoms with E-state index in [2.05, 4.69) is 10.3 Å². The normalized spacial score (nSPS) is 9.79. The van der Waals surface area contributed by atoms with Gasteiger partial charge in [-0.2, -0.15) is 4.73 Å². The van der Waals surface area contributed by atoms with Gasteiger partial charge < -0.3 is 10.5 Å². The molecule has 1 heterocycles. The number of carbonyl (C=O) groups excluding carboxylic acids is 1. The van der Waals surface area contributed by atoms with Crippen molar-refractivity contribution in [2.45, 2.75) is 19.8 Å². The number of carbonyl (C=O) groups is 1. The number of rotatable bonds is 4. The first-order valence-electron chi connectivity index (χ1n) is 4.57. The Labute approximate surface area is 82.4 Å². The second-order valence-electron chi connectivity index (χ2n) is 2.91. The largest absolute Gasteiger partial charge is 0.619 e. The summed E-state index contributed by atoms with van der Waals surface area (Å²) in [5.41, 5.74) is 0.151. The molecule has 0 radical (unpaired) electrons. The molecule has 14 heavy (non-hydrogen) atoms. The maximum Gasteiger partial charge on any atom is 0.276 e. The van der Waals surface area contributed by atoms with Crippen LogP contribution in [0.25, 0.3) is 0 Å². The molecule has 1 N–H and O–H groups in total. The summed E-state index contributed by atoms with van der Waals surface area (Å²) in [4.78, 5) is 15.1. The summed E-state index contributed by atoms with van der Waals surface area (Å²) in [5, 5.41) is 13.5. The van der Waals surface area contributed by atoms with Crippen molar-refractivity contribution >= 4 is 5.91 Å². The molecule has 0 spiro atoms. The molecule has 0 unspecified atom stereocenters. The minimum Gasteiger partial charge on any atom is -0.619 e. The summed E-state index contributed by atoms with van der Waals surface area (Å²) in [6, 6.07) is 0. The standard InChI is InChI=1S/C9H13N3O2/c1-2-3-4-11-9(13)8-7-12(14)6-5-10-8/h5-7H,2-4H2,1H3,(H,11,13). The predicted molar refractivity (Wildman–Crippen MR) is 50.4 cm³/mol. The molecule has 0 aromatic carbocycles. The fraction of sp³-hybridized carbons (Fsp3) is 0.444. The molecule has 0 aliphatic carbocycles. The van der Waals surface area contributed by atoms with E-state index in [1.165, 1.54) is 12.4 Å². The fourth-order valence-corrected chi connectivity index (χ4v) is 0.963. The molecule has 0 bridgehead atoms. The molecule has 0 saturated carbocycles. The molecule has 5 heteroatoms. The molecule has 1 aromatic rings. The van der Waals surface area contributed by atoms with Crippen molar-refractivity contribution in [3.63, 3.8) is 0 Å². The third-order valence-electron chi connectivity index (χ3n) is 1.73. The van der Waals surface area contributed by atoms with Crippen LogP contribution in [0.2, 0.25) is 0 Å². The van der Waals surface area contributed by atoms with E-state index in [0.717, 1.165) is 19.0 Å². The summed E-state index contributed by atoms with van der Waals surface area (Å²) < 4.78 is 0.557. The molecule has 5 nitrogen and oxygen atoms in total. The topological polar surface area (TPSA) is 68.9 Å². The highest BCUT2D eigenvalue weighted by Crippen LogP contribution is 1.89. The van der Waals surface area contributed by atoms with Crippen LogP contribution in [-0.2, 0) is 0 Å². The van der Waals surface area contributed by atoms with Gasteiger partial charge in [0.1, 0.15) is 0 Å². The van der Waals surface area contributed by atoms with Gasteiger partial charge in [-0.3, -0.25) is 4.79 Å². The van der Waals surface area contributed by atoms with Crippen molar-refractivity contribution < 1.29 is 9.52 Å². The predicted octanol–water partition coefficient (Wildman–Crippen LogP) is 0.245. The fourth-order valence-electron chi connectivity index (χ4n) is 0.963. The van der Waals surface area contributed by atoms with Crippen LogP contribution >= 0.6 is 0 Å². The lowest BCUT2D eigenvalue weighted by molar-refractivity contribution is -0.606. The van der Waals surface area contributed by atoms with Crippen LogP contribution in [0, 0.1) is 5.21 Å². The van der Waals surface area contributed by atoms with Crippen LogP contribution in [0.5, 0.6) is 0 Å². The number of aromatic nitrogens is 2. The van der Waals surface area contributed by atoms with Crippen LogP contribution < -0.4 is 10.0 Å². The van der Waals surface area contributed by atoms with E-state index in [0.29, 0.717) is 11.3 Å². The zero-order chi connectivity index (χ0) is 10.4. The Balaban J connectivity index is 2.52. The lowest BCUT2D eigenvalue weighted by Crippen LogP contribution is -2.31. The smallest absolute Gasteiger partial charge is 0.276 e. The Hall–Kier alpha value is -1.65. The van der Waals surface area contributed by atoms with Crippen LogP contribution in [0.4, 0.5) is 0 Å². The van der Waals surface area contributed by atoms with Crippen LogP contribution in [-0.4, -0.2) is 17.4 Å². The Bertz CT molecular complexity index is 315. The van der Waals surface area contributed by atoms with Crippen molar-refractivity contribution in [2.24, 2.45) is 0 Å². The Kier molecular flexibility index (Phi) is 3.84. The molecule has 76 valence electrons. The number of nitrogens with one attached hydrogen (secondary N) is 1. The average Bonchev–Trinajstić information content (AvgIpc) is 2.18. The van der Waals surface area contributed by atoms with Crippen LogP contribution in [0.1, 0.15) is 30.3 Å². The van der Waals surface area contributed by atoms with Crippen molar-refractivity contribution in [3.05, 3.63) is 29.5 Å². The highest BCUT2D eigenvalue weighted by atomic mass is 16.5. The SMILES string of the molecule is CCCCNC(=O)c1c[n+]([O-])ccn1. The Morgan fingerprint density at radius 1 is 1.71 bits per heavy atom. The first-order valence-corrected chi connectivity index (χ1v) is 4.57. The van der Waals surface area contributed by atoms with Gasteiger partial charge in [-0.15, -0.1) is 0 Å². The highest BCUT2D eigenvalue weighted by molar-refractivity contribution is 5.91. The molecule has 1 rings (SSSR count). The number of unbranched alkanes of at least 4 members (excludes halogenated alkanes) is 1. The van der Waals surface area contributed by atoms with Gasteiger partial charge in [-0.25, -0.2) is 4.98 Å². The van der Waals surface area contributed by atoms with Gasteiger partial charge in [0.15, 0.2) is 11.9 Å². The molecule has 1 aromatic heterocycles. The first kappa shape index (κ1) is 10.4. The average molecular weight is 195 g/mol. The third kappa shape index (κ3) is 3.01. The van der Waals surface area contributed by atoms with E-state index in [1.807, 2.05) is 6.92 Å². The molecule has 0 aliphatic heterocycles. The van der Waals surface area contributed by atoms with Crippen molar-refractivity contribution in [2.75, 3.05) is 6.54 Å². The molecular weight excluding hydrogens is 182 g/mol. The number of amides is 1. The zero-order valence-electron chi connectivity index (χ0n) is 8.06. The first-order chi connectivity index (χ1) is 6.74. The quantitative estimate of drug-likeness (QED) is 0.425. The maximum atomic E-state index is 11.3. The number of hydrogen-bond donors (Lipinski definition) is 1. The van der Waals surface area contributed by atoms with Crippen LogP contribution in [0.3, 0.4) is 0 Å². The van der Waals surface area contributed by atoms with Gasteiger partial charge in [0, 0.05) is 6.54 Å². The minimum atomic E-state index is -0.302. The summed E-state index contributed by atoms with van der Waals surface area (Å²) in [6.07, 6.45) is 5.64. The van der Waals surface area contributed by atoms with E-state index in [-0.39, 0.29) is 11.6 Å². The van der Waals surface area contributed by atoms with E-state index in [9.17, 15) is 10.0 Å². The van der Waals surface area contributed by atoms with Gasteiger partial charge in [-0.05, 0) is 6.42 Å². The minimum absolute atomic E-state index is 0.151. The Morgan fingerprint density at radius 2 is 2.50 bits per heavy atom. The lowest BCUT2D eigenvalue weighted by Gasteiger charge is -2.02. The van der Waals surface area contributed by atoms with Gasteiger partial charge in [0.05, 0.1) is 6.20 Å². The summed E-state index contributed by atoms with van der Waals surface area (Å²) >= 11 is 0. The summed E-state index contributed by atoms with van der Waals surface area (Å²) in [7, 11) is 0. The van der Waals surface area contributed by atoms with E-state index in [4.69, 9.17) is 0 Å². The van der Waals surface area contributed by atoms with E-state index < -0.39 is 0 Å². The van der Waals surface area contributed by atoms with Gasteiger partial charge in [0.2, 0.25) is 6.20 Å². The van der Waals surface area contributed by atoms with Crippen LogP contribution in [0.15, 0.2) is 18.6 Å². The van der Waals surface area contributed by atoms with E-state index in [1.54, 1.807) is 0 Å². The second kappa shape index (κ2) is 5.16. The molecular formula is C9H13N3O2.